The highest BCUT2D eigenvalue weighted by molar-refractivity contribution is 6.35. The average molecular weight is 498 g/mol. The SMILES string of the molecule is COc1cc2[nH]nc(-c3ccc(N4CC(C)(C)C4)nc3)c2cc1O[C@H](C)c1c(Cl)cncc1Cl. The summed E-state index contributed by atoms with van der Waals surface area (Å²) in [6, 6.07) is 7.88. The number of fused-ring (bicyclic) bond motifs is 1. The standard InChI is InChI=1S/C25H25Cl2N5O2/c1-14(23-17(26)10-28-11-18(23)27)34-21-7-16-19(8-20(21)33-4)30-31-24(16)15-5-6-22(29-9-15)32-12-25(2,3)13-32/h5-11,14H,12-13H2,1-4H3,(H,30,31)/t14-/m1/s1. The number of rotatable bonds is 6. The minimum absolute atomic E-state index is 0.343. The molecule has 0 radical (unpaired) electrons. The molecule has 1 aromatic carbocycles. The summed E-state index contributed by atoms with van der Waals surface area (Å²) >= 11 is 12.7. The van der Waals surface area contributed by atoms with E-state index in [0.717, 1.165) is 41.1 Å². The molecule has 0 saturated carbocycles. The van der Waals surface area contributed by atoms with Crippen molar-refractivity contribution < 1.29 is 9.47 Å². The van der Waals surface area contributed by atoms with E-state index in [1.807, 2.05) is 37.4 Å². The maximum Gasteiger partial charge on any atom is 0.162 e. The van der Waals surface area contributed by atoms with Crippen LogP contribution in [0.15, 0.2) is 42.9 Å². The van der Waals surface area contributed by atoms with Crippen LogP contribution in [0.1, 0.15) is 32.4 Å². The summed E-state index contributed by atoms with van der Waals surface area (Å²) in [4.78, 5) is 11.0. The molecular formula is C25H25Cl2N5O2. The molecule has 9 heteroatoms. The van der Waals surface area contributed by atoms with Crippen LogP contribution in [0.4, 0.5) is 5.82 Å². The van der Waals surface area contributed by atoms with Crippen molar-refractivity contribution in [2.24, 2.45) is 5.41 Å². The molecule has 0 amide bonds. The fourth-order valence-corrected chi connectivity index (χ4v) is 5.09. The summed E-state index contributed by atoms with van der Waals surface area (Å²) in [7, 11) is 1.60. The molecule has 0 bridgehead atoms. The quantitative estimate of drug-likeness (QED) is 0.335. The van der Waals surface area contributed by atoms with Crippen LogP contribution < -0.4 is 14.4 Å². The largest absolute Gasteiger partial charge is 0.493 e. The lowest BCUT2D eigenvalue weighted by Crippen LogP contribution is -2.53. The zero-order valence-corrected chi connectivity index (χ0v) is 20.9. The highest BCUT2D eigenvalue weighted by Gasteiger charge is 2.34. The van der Waals surface area contributed by atoms with Gasteiger partial charge >= 0.3 is 0 Å². The number of benzene rings is 1. The summed E-state index contributed by atoms with van der Waals surface area (Å²) in [5, 5.41) is 9.42. The lowest BCUT2D eigenvalue weighted by Gasteiger charge is -2.46. The first kappa shape index (κ1) is 22.7. The Kier molecular flexibility index (Phi) is 5.78. The molecule has 176 valence electrons. The van der Waals surface area contributed by atoms with Gasteiger partial charge in [0.2, 0.25) is 0 Å². The van der Waals surface area contributed by atoms with Crippen LogP contribution in [0.3, 0.4) is 0 Å². The van der Waals surface area contributed by atoms with E-state index in [2.05, 4.69) is 38.9 Å². The summed E-state index contributed by atoms with van der Waals surface area (Å²) in [5.74, 6) is 2.11. The van der Waals surface area contributed by atoms with Crippen LogP contribution in [0.5, 0.6) is 11.5 Å². The molecule has 7 nitrogen and oxygen atoms in total. The van der Waals surface area contributed by atoms with Crippen molar-refractivity contribution >= 4 is 39.9 Å². The Hall–Kier alpha value is -3.03. The molecule has 34 heavy (non-hydrogen) atoms. The Balaban J connectivity index is 1.47. The number of nitrogens with zero attached hydrogens (tertiary/aromatic N) is 4. The molecule has 1 saturated heterocycles. The van der Waals surface area contributed by atoms with Crippen LogP contribution in [-0.2, 0) is 0 Å². The van der Waals surface area contributed by atoms with E-state index in [1.165, 1.54) is 0 Å². The van der Waals surface area contributed by atoms with Gasteiger partial charge in [-0.15, -0.1) is 0 Å². The summed E-state index contributed by atoms with van der Waals surface area (Å²) in [6.45, 7) is 8.43. The van der Waals surface area contributed by atoms with E-state index >= 15 is 0 Å². The van der Waals surface area contributed by atoms with Crippen molar-refractivity contribution in [1.82, 2.24) is 20.2 Å². The van der Waals surface area contributed by atoms with Gasteiger partial charge in [-0.2, -0.15) is 5.10 Å². The highest BCUT2D eigenvalue weighted by Crippen LogP contribution is 2.40. The van der Waals surface area contributed by atoms with Gasteiger partial charge in [0.1, 0.15) is 17.6 Å². The molecule has 1 aliphatic heterocycles. The Morgan fingerprint density at radius 2 is 1.79 bits per heavy atom. The third-order valence-electron chi connectivity index (χ3n) is 6.03. The average Bonchev–Trinajstić information content (AvgIpc) is 3.19. The minimum Gasteiger partial charge on any atom is -0.493 e. The first-order chi connectivity index (χ1) is 16.3. The molecule has 0 unspecified atom stereocenters. The van der Waals surface area contributed by atoms with Gasteiger partial charge in [0.15, 0.2) is 11.5 Å². The normalized spacial score (nSPS) is 15.8. The van der Waals surface area contributed by atoms with Gasteiger partial charge in [-0.05, 0) is 30.5 Å². The van der Waals surface area contributed by atoms with Gasteiger partial charge in [0, 0.05) is 54.3 Å². The number of hydrogen-bond donors (Lipinski definition) is 1. The molecule has 1 atom stereocenters. The number of ether oxygens (including phenoxy) is 2. The fraction of sp³-hybridized carbons (Fsp3) is 0.320. The number of halogens is 2. The zero-order chi connectivity index (χ0) is 24.0. The number of aromatic amines is 1. The predicted molar refractivity (Wildman–Crippen MR) is 135 cm³/mol. The maximum atomic E-state index is 6.33. The van der Waals surface area contributed by atoms with Crippen LogP contribution in [-0.4, -0.2) is 40.4 Å². The lowest BCUT2D eigenvalue weighted by atomic mass is 9.84. The first-order valence-corrected chi connectivity index (χ1v) is 11.7. The second-order valence-electron chi connectivity index (χ2n) is 9.32. The Morgan fingerprint density at radius 3 is 2.41 bits per heavy atom. The first-order valence-electron chi connectivity index (χ1n) is 11.0. The van der Waals surface area contributed by atoms with E-state index in [1.54, 1.807) is 19.5 Å². The number of methoxy groups -OCH3 is 1. The van der Waals surface area contributed by atoms with E-state index < -0.39 is 6.10 Å². The molecule has 1 N–H and O–H groups in total. The van der Waals surface area contributed by atoms with Gasteiger partial charge in [0.25, 0.3) is 0 Å². The van der Waals surface area contributed by atoms with Gasteiger partial charge in [-0.3, -0.25) is 10.1 Å². The molecular weight excluding hydrogens is 473 g/mol. The van der Waals surface area contributed by atoms with Gasteiger partial charge in [-0.25, -0.2) is 4.98 Å². The van der Waals surface area contributed by atoms with Gasteiger partial charge in [-0.1, -0.05) is 37.0 Å². The second kappa shape index (κ2) is 8.64. The third kappa shape index (κ3) is 4.14. The monoisotopic (exact) mass is 497 g/mol. The lowest BCUT2D eigenvalue weighted by molar-refractivity contribution is 0.216. The van der Waals surface area contributed by atoms with Crippen molar-refractivity contribution in [2.45, 2.75) is 26.9 Å². The van der Waals surface area contributed by atoms with Crippen LogP contribution in [0, 0.1) is 5.41 Å². The molecule has 1 aliphatic rings. The molecule has 4 aromatic rings. The molecule has 1 fully saturated rings. The van der Waals surface area contributed by atoms with Gasteiger partial charge < -0.3 is 14.4 Å². The Bertz CT molecular complexity index is 1330. The Labute approximate surface area is 208 Å². The summed E-state index contributed by atoms with van der Waals surface area (Å²) in [6.07, 6.45) is 4.54. The van der Waals surface area contributed by atoms with Crippen molar-refractivity contribution in [2.75, 3.05) is 25.1 Å². The number of aromatic nitrogens is 4. The topological polar surface area (TPSA) is 76.2 Å². The Morgan fingerprint density at radius 1 is 1.06 bits per heavy atom. The van der Waals surface area contributed by atoms with Crippen molar-refractivity contribution in [3.8, 4) is 22.8 Å². The molecule has 0 spiro atoms. The number of pyridine rings is 2. The minimum atomic E-state index is -0.425. The van der Waals surface area contributed by atoms with Crippen LogP contribution >= 0.6 is 23.2 Å². The van der Waals surface area contributed by atoms with Crippen molar-refractivity contribution in [3.63, 3.8) is 0 Å². The number of nitrogens with one attached hydrogen (secondary N) is 1. The summed E-state index contributed by atoms with van der Waals surface area (Å²) < 4.78 is 11.8. The van der Waals surface area contributed by atoms with Crippen LogP contribution in [0.25, 0.3) is 22.2 Å². The zero-order valence-electron chi connectivity index (χ0n) is 19.4. The van der Waals surface area contributed by atoms with E-state index in [4.69, 9.17) is 32.7 Å². The maximum absolute atomic E-state index is 6.33. The third-order valence-corrected chi connectivity index (χ3v) is 6.63. The van der Waals surface area contributed by atoms with Gasteiger partial charge in [0.05, 0.1) is 22.7 Å². The number of anilines is 1. The van der Waals surface area contributed by atoms with Crippen molar-refractivity contribution in [3.05, 3.63) is 58.5 Å². The second-order valence-corrected chi connectivity index (χ2v) is 10.1. The van der Waals surface area contributed by atoms with E-state index in [0.29, 0.717) is 32.5 Å². The fourth-order valence-electron chi connectivity index (χ4n) is 4.42. The highest BCUT2D eigenvalue weighted by atomic mass is 35.5. The van der Waals surface area contributed by atoms with Crippen molar-refractivity contribution in [1.29, 1.82) is 0 Å². The predicted octanol–water partition coefficient (Wildman–Crippen LogP) is 6.32. The molecule has 5 rings (SSSR count). The number of hydrogen-bond acceptors (Lipinski definition) is 6. The number of H-pyrrole nitrogens is 1. The summed E-state index contributed by atoms with van der Waals surface area (Å²) in [5.41, 5.74) is 3.55. The molecule has 4 heterocycles. The molecule has 3 aromatic heterocycles. The van der Waals surface area contributed by atoms with E-state index in [9.17, 15) is 0 Å². The smallest absolute Gasteiger partial charge is 0.162 e. The van der Waals surface area contributed by atoms with E-state index in [-0.39, 0.29) is 0 Å². The molecule has 0 aliphatic carbocycles. The van der Waals surface area contributed by atoms with Crippen LogP contribution in [0.2, 0.25) is 10.0 Å².